The van der Waals surface area contributed by atoms with Gasteiger partial charge in [-0.2, -0.15) is 8.78 Å². The molecule has 2 saturated heterocycles. The molecule has 7 rings (SSSR count). The minimum Gasteiger partial charge on any atom is -0.393 e. The van der Waals surface area contributed by atoms with Crippen molar-refractivity contribution in [2.24, 2.45) is 0 Å². The van der Waals surface area contributed by atoms with Gasteiger partial charge in [0.25, 0.3) is 5.92 Å². The van der Waals surface area contributed by atoms with E-state index in [1.165, 1.54) is 36.7 Å². The van der Waals surface area contributed by atoms with Crippen LogP contribution >= 0.6 is 0 Å². The van der Waals surface area contributed by atoms with Crippen LogP contribution in [0, 0.1) is 0 Å². The van der Waals surface area contributed by atoms with Crippen LogP contribution in [0.3, 0.4) is 0 Å². The number of imidazole rings is 1. The predicted molar refractivity (Wildman–Crippen MR) is 126 cm³/mol. The lowest BCUT2D eigenvalue weighted by molar-refractivity contribution is -0.177. The Bertz CT molecular complexity index is 1360. The van der Waals surface area contributed by atoms with E-state index < -0.39 is 11.5 Å². The molecular weight excluding hydrogens is 452 g/mol. The number of pyridine rings is 1. The first-order valence-electron chi connectivity index (χ1n) is 11.6. The van der Waals surface area contributed by atoms with Gasteiger partial charge in [-0.25, -0.2) is 9.97 Å². The lowest BCUT2D eigenvalue weighted by atomic mass is 9.66. The third kappa shape index (κ3) is 3.33. The van der Waals surface area contributed by atoms with Crippen molar-refractivity contribution in [3.05, 3.63) is 78.1 Å². The number of fused-ring (bicyclic) bond motifs is 4. The van der Waals surface area contributed by atoms with Crippen LogP contribution in [0.1, 0.15) is 42.6 Å². The van der Waals surface area contributed by atoms with Gasteiger partial charge in [0, 0.05) is 41.5 Å². The van der Waals surface area contributed by atoms with Crippen molar-refractivity contribution in [1.29, 1.82) is 0 Å². The van der Waals surface area contributed by atoms with Gasteiger partial charge in [-0.05, 0) is 37.8 Å². The van der Waals surface area contributed by atoms with Crippen molar-refractivity contribution in [2.45, 2.75) is 42.6 Å². The van der Waals surface area contributed by atoms with E-state index in [9.17, 15) is 5.11 Å². The minimum absolute atomic E-state index is 0.0174. The Morgan fingerprint density at radius 1 is 1.06 bits per heavy atom. The molecule has 4 aromatic rings. The van der Waals surface area contributed by atoms with E-state index in [0.29, 0.717) is 29.2 Å². The zero-order valence-corrected chi connectivity index (χ0v) is 19.0. The van der Waals surface area contributed by atoms with Gasteiger partial charge in [-0.3, -0.25) is 9.38 Å². The topological polar surface area (TPSA) is 98.6 Å². The number of alkyl halides is 2. The highest BCUT2D eigenvalue weighted by atomic mass is 19.3. The van der Waals surface area contributed by atoms with Gasteiger partial charge in [0.15, 0.2) is 0 Å². The maximum absolute atomic E-state index is 15.0. The van der Waals surface area contributed by atoms with Gasteiger partial charge in [0.1, 0.15) is 22.9 Å². The Hall–Kier alpha value is -3.43. The molecule has 1 aliphatic carbocycles. The molecule has 1 saturated carbocycles. The number of nitrogens with two attached hydrogens (primary N) is 1. The Morgan fingerprint density at radius 2 is 1.83 bits per heavy atom. The van der Waals surface area contributed by atoms with Crippen molar-refractivity contribution in [3.63, 3.8) is 0 Å². The van der Waals surface area contributed by atoms with E-state index in [2.05, 4.69) is 9.97 Å². The molecule has 0 unspecified atom stereocenters. The highest BCUT2D eigenvalue weighted by Crippen LogP contribution is 2.50. The molecule has 3 fully saturated rings. The summed E-state index contributed by atoms with van der Waals surface area (Å²) in [6, 6.07) is 8.98. The van der Waals surface area contributed by atoms with E-state index >= 15 is 8.78 Å². The first-order valence-corrected chi connectivity index (χ1v) is 11.6. The number of ether oxygens (including phenoxy) is 1. The van der Waals surface area contributed by atoms with Crippen LogP contribution < -0.4 is 5.73 Å². The van der Waals surface area contributed by atoms with Gasteiger partial charge in [0.05, 0.1) is 24.2 Å². The normalized spacial score (nSPS) is 24.2. The van der Waals surface area contributed by atoms with Crippen LogP contribution in [0.5, 0.6) is 0 Å². The standard InChI is InChI=1S/C26H25F2N5O2/c27-26(28,19-2-1-11-30-14-19)18-5-3-17(4-6-18)20-21-22(29)31-12-13-33(21)23(32-20)24-7-9-25(15-34,10-8-24)35-16-24/h1-6,11-14,34H,7-10,15-16H2,(H2,29,31). The van der Waals surface area contributed by atoms with E-state index in [1.54, 1.807) is 18.3 Å². The maximum Gasteiger partial charge on any atom is 0.299 e. The van der Waals surface area contributed by atoms with E-state index in [-0.39, 0.29) is 23.1 Å². The van der Waals surface area contributed by atoms with Crippen molar-refractivity contribution < 1.29 is 18.6 Å². The van der Waals surface area contributed by atoms with Crippen LogP contribution in [0.2, 0.25) is 0 Å². The Labute approximate surface area is 200 Å². The molecule has 0 atom stereocenters. The number of halogens is 2. The third-order valence-electron chi connectivity index (χ3n) is 7.66. The van der Waals surface area contributed by atoms with Crippen LogP contribution in [0.4, 0.5) is 14.6 Å². The number of hydrogen-bond donors (Lipinski definition) is 2. The van der Waals surface area contributed by atoms with Crippen LogP contribution in [0.25, 0.3) is 16.8 Å². The molecule has 5 heterocycles. The van der Waals surface area contributed by atoms with Crippen molar-refractivity contribution in [1.82, 2.24) is 19.4 Å². The summed E-state index contributed by atoms with van der Waals surface area (Å²) in [6.45, 7) is 0.480. The van der Waals surface area contributed by atoms with E-state index in [4.69, 9.17) is 15.5 Å². The number of rotatable bonds is 5. The molecule has 9 heteroatoms. The van der Waals surface area contributed by atoms with Gasteiger partial charge in [-0.1, -0.05) is 24.3 Å². The Balaban J connectivity index is 1.42. The molecule has 0 spiro atoms. The van der Waals surface area contributed by atoms with Gasteiger partial charge >= 0.3 is 0 Å². The SMILES string of the molecule is Nc1nccn2c(C34CCC(CO)(CC3)OC4)nc(-c3ccc(C(F)(F)c4cccnc4)cc3)c12. The minimum atomic E-state index is -3.17. The van der Waals surface area contributed by atoms with Gasteiger partial charge < -0.3 is 15.6 Å². The summed E-state index contributed by atoms with van der Waals surface area (Å²) in [5.41, 5.74) is 7.16. The Morgan fingerprint density at radius 3 is 2.46 bits per heavy atom. The molecule has 2 aliphatic heterocycles. The largest absolute Gasteiger partial charge is 0.393 e. The monoisotopic (exact) mass is 477 g/mol. The number of benzene rings is 1. The average molecular weight is 478 g/mol. The molecule has 3 aliphatic rings. The molecule has 0 amide bonds. The molecule has 1 aromatic carbocycles. The number of aliphatic hydroxyl groups excluding tert-OH is 1. The van der Waals surface area contributed by atoms with Gasteiger partial charge in [0.2, 0.25) is 0 Å². The third-order valence-corrected chi connectivity index (χ3v) is 7.66. The van der Waals surface area contributed by atoms with Crippen LogP contribution in [0.15, 0.2) is 61.2 Å². The number of aromatic nitrogens is 4. The first-order chi connectivity index (χ1) is 16.9. The average Bonchev–Trinajstić information content (AvgIpc) is 3.32. The zero-order valence-electron chi connectivity index (χ0n) is 19.0. The molecule has 3 aromatic heterocycles. The second-order valence-corrected chi connectivity index (χ2v) is 9.62. The fourth-order valence-electron chi connectivity index (χ4n) is 5.45. The van der Waals surface area contributed by atoms with E-state index in [1.807, 2.05) is 10.6 Å². The highest BCUT2D eigenvalue weighted by Gasteiger charge is 2.52. The first kappa shape index (κ1) is 22.1. The number of aliphatic hydroxyl groups is 1. The molecule has 0 radical (unpaired) electrons. The molecule has 7 nitrogen and oxygen atoms in total. The summed E-state index contributed by atoms with van der Waals surface area (Å²) >= 11 is 0. The summed E-state index contributed by atoms with van der Waals surface area (Å²) in [6.07, 6.45) is 9.30. The zero-order chi connectivity index (χ0) is 24.3. The quantitative estimate of drug-likeness (QED) is 0.449. The lowest BCUT2D eigenvalue weighted by Crippen LogP contribution is -2.55. The highest BCUT2D eigenvalue weighted by molar-refractivity contribution is 5.85. The second kappa shape index (κ2) is 7.79. The summed E-state index contributed by atoms with van der Waals surface area (Å²) < 4.78 is 38.1. The van der Waals surface area contributed by atoms with Gasteiger partial charge in [-0.15, -0.1) is 0 Å². The molecule has 35 heavy (non-hydrogen) atoms. The Kier molecular flexibility index (Phi) is 4.91. The number of anilines is 1. The predicted octanol–water partition coefficient (Wildman–Crippen LogP) is 4.09. The van der Waals surface area contributed by atoms with Crippen molar-refractivity contribution >= 4 is 11.3 Å². The van der Waals surface area contributed by atoms with E-state index in [0.717, 1.165) is 31.5 Å². The maximum atomic E-state index is 15.0. The smallest absolute Gasteiger partial charge is 0.299 e. The molecular formula is C26H25F2N5O2. The summed E-state index contributed by atoms with van der Waals surface area (Å²) in [5.74, 6) is -2.03. The number of nitrogens with zero attached hydrogens (tertiary/aromatic N) is 4. The summed E-state index contributed by atoms with van der Waals surface area (Å²) in [7, 11) is 0. The fourth-order valence-corrected chi connectivity index (χ4v) is 5.45. The second-order valence-electron chi connectivity index (χ2n) is 9.62. The number of hydrogen-bond acceptors (Lipinski definition) is 6. The molecule has 180 valence electrons. The molecule has 3 N–H and O–H groups in total. The van der Waals surface area contributed by atoms with Crippen molar-refractivity contribution in [2.75, 3.05) is 18.9 Å². The number of nitrogen functional groups attached to an aromatic ring is 1. The fraction of sp³-hybridized carbons (Fsp3) is 0.346. The summed E-state index contributed by atoms with van der Waals surface area (Å²) in [5, 5.41) is 9.81. The lowest BCUT2D eigenvalue weighted by Gasteiger charge is -2.51. The van der Waals surface area contributed by atoms with Crippen molar-refractivity contribution in [3.8, 4) is 11.3 Å². The molecule has 2 bridgehead atoms. The van der Waals surface area contributed by atoms with Crippen LogP contribution in [-0.4, -0.2) is 43.3 Å². The van der Waals surface area contributed by atoms with Crippen LogP contribution in [-0.2, 0) is 16.1 Å². The summed E-state index contributed by atoms with van der Waals surface area (Å²) in [4.78, 5) is 13.1.